The largest absolute Gasteiger partial charge is 0.454 e. The first-order valence-corrected chi connectivity index (χ1v) is 10.4. The Morgan fingerprint density at radius 2 is 1.82 bits per heavy atom. The van der Waals surface area contributed by atoms with Crippen LogP contribution in [0.3, 0.4) is 0 Å². The number of hydrogen-bond donors (Lipinski definition) is 3. The average Bonchev–Trinajstić information content (AvgIpc) is 3.08. The first-order valence-electron chi connectivity index (χ1n) is 8.03. The van der Waals surface area contributed by atoms with Gasteiger partial charge in [-0.2, -0.15) is 4.72 Å². The molecule has 28 heavy (non-hydrogen) atoms. The molecule has 0 unspecified atom stereocenters. The number of ether oxygens (including phenoxy) is 1. The van der Waals surface area contributed by atoms with Crippen molar-refractivity contribution in [2.75, 3.05) is 11.9 Å². The van der Waals surface area contributed by atoms with Crippen LogP contribution < -0.4 is 15.8 Å². The molecule has 150 valence electrons. The number of sulfonamides is 1. The quantitative estimate of drug-likeness (QED) is 0.538. The van der Waals surface area contributed by atoms with Gasteiger partial charge in [0.05, 0.1) is 10.5 Å². The lowest BCUT2D eigenvalue weighted by Gasteiger charge is -2.14. The minimum Gasteiger partial charge on any atom is -0.454 e. The predicted octanol–water partition coefficient (Wildman–Crippen LogP) is 1.00. The van der Waals surface area contributed by atoms with Crippen LogP contribution in [-0.2, 0) is 24.3 Å². The molecule has 4 N–H and O–H groups in total. The van der Waals surface area contributed by atoms with E-state index in [1.807, 2.05) is 6.92 Å². The number of amides is 2. The van der Waals surface area contributed by atoms with E-state index in [1.54, 1.807) is 17.5 Å². The lowest BCUT2D eigenvalue weighted by molar-refractivity contribution is -0.148. The molecule has 0 saturated heterocycles. The van der Waals surface area contributed by atoms with Crippen molar-refractivity contribution in [1.29, 1.82) is 0 Å². The van der Waals surface area contributed by atoms with E-state index in [0.29, 0.717) is 0 Å². The third kappa shape index (κ3) is 5.62. The molecule has 0 fully saturated rings. The second-order valence-corrected chi connectivity index (χ2v) is 8.47. The number of nitrogens with one attached hydrogen (secondary N) is 2. The van der Waals surface area contributed by atoms with E-state index in [4.69, 9.17) is 10.5 Å². The standard InChI is InChI=1S/C17H19N3O6S2/c1-10-3-5-12(6-4-10)28(24,25)20-11(2)17(23)26-9-14(21)19-16-13(15(18)22)7-8-27-16/h3-8,11,20H,9H2,1-2H3,(H2,18,22)(H,19,21)/t11-/m0/s1. The molecule has 1 atom stereocenters. The van der Waals surface area contributed by atoms with Crippen LogP contribution in [-0.4, -0.2) is 38.9 Å². The van der Waals surface area contributed by atoms with Gasteiger partial charge in [0.25, 0.3) is 11.8 Å². The summed E-state index contributed by atoms with van der Waals surface area (Å²) in [6.45, 7) is 2.47. The zero-order valence-corrected chi connectivity index (χ0v) is 16.7. The van der Waals surface area contributed by atoms with Gasteiger partial charge in [0.2, 0.25) is 10.0 Å². The van der Waals surface area contributed by atoms with E-state index in [-0.39, 0.29) is 15.5 Å². The van der Waals surface area contributed by atoms with Crippen molar-refractivity contribution in [3.63, 3.8) is 0 Å². The number of primary amides is 1. The highest BCUT2D eigenvalue weighted by molar-refractivity contribution is 7.89. The van der Waals surface area contributed by atoms with Gasteiger partial charge in [-0.1, -0.05) is 17.7 Å². The van der Waals surface area contributed by atoms with E-state index in [9.17, 15) is 22.8 Å². The van der Waals surface area contributed by atoms with Crippen molar-refractivity contribution in [2.45, 2.75) is 24.8 Å². The molecule has 0 bridgehead atoms. The third-order valence-electron chi connectivity index (χ3n) is 3.55. The summed E-state index contributed by atoms with van der Waals surface area (Å²) in [6, 6.07) is 6.35. The van der Waals surface area contributed by atoms with Gasteiger partial charge in [0.15, 0.2) is 6.61 Å². The zero-order chi connectivity index (χ0) is 20.9. The molecule has 2 aromatic rings. The maximum atomic E-state index is 12.3. The Bertz CT molecular complexity index is 983. The molecule has 1 aromatic carbocycles. The van der Waals surface area contributed by atoms with Gasteiger partial charge in [-0.15, -0.1) is 11.3 Å². The minimum absolute atomic E-state index is 0.00664. The summed E-state index contributed by atoms with van der Waals surface area (Å²) >= 11 is 1.09. The van der Waals surface area contributed by atoms with Gasteiger partial charge in [0.1, 0.15) is 11.0 Å². The number of carbonyl (C=O) groups is 3. The van der Waals surface area contributed by atoms with Crippen LogP contribution in [0.25, 0.3) is 0 Å². The molecule has 2 rings (SSSR count). The molecule has 2 amide bonds. The molecular weight excluding hydrogens is 406 g/mol. The normalized spacial score (nSPS) is 12.2. The van der Waals surface area contributed by atoms with Crippen LogP contribution in [0, 0.1) is 6.92 Å². The highest BCUT2D eigenvalue weighted by atomic mass is 32.2. The number of hydrogen-bond acceptors (Lipinski definition) is 7. The SMILES string of the molecule is Cc1ccc(S(=O)(=O)N[C@@H](C)C(=O)OCC(=O)Nc2sccc2C(N)=O)cc1. The van der Waals surface area contributed by atoms with Crippen LogP contribution in [0.4, 0.5) is 5.00 Å². The van der Waals surface area contributed by atoms with Crippen molar-refractivity contribution in [2.24, 2.45) is 5.73 Å². The number of nitrogens with two attached hydrogens (primary N) is 1. The third-order valence-corrected chi connectivity index (χ3v) is 5.93. The van der Waals surface area contributed by atoms with Crippen molar-refractivity contribution in [1.82, 2.24) is 4.72 Å². The summed E-state index contributed by atoms with van der Waals surface area (Å²) in [7, 11) is -3.92. The number of esters is 1. The second-order valence-electron chi connectivity index (χ2n) is 5.84. The topological polar surface area (TPSA) is 145 Å². The number of rotatable bonds is 8. The van der Waals surface area contributed by atoms with Crippen molar-refractivity contribution in [3.05, 3.63) is 46.8 Å². The Morgan fingerprint density at radius 3 is 2.43 bits per heavy atom. The van der Waals surface area contributed by atoms with E-state index >= 15 is 0 Å². The Kier molecular flexibility index (Phi) is 6.89. The number of carbonyl (C=O) groups excluding carboxylic acids is 3. The van der Waals surface area contributed by atoms with Crippen LogP contribution in [0.2, 0.25) is 0 Å². The van der Waals surface area contributed by atoms with Gasteiger partial charge in [-0.3, -0.25) is 14.4 Å². The van der Waals surface area contributed by atoms with E-state index < -0.39 is 40.5 Å². The molecule has 0 saturated carbocycles. The van der Waals surface area contributed by atoms with Crippen molar-refractivity contribution < 1.29 is 27.5 Å². The first-order chi connectivity index (χ1) is 13.1. The molecular formula is C17H19N3O6S2. The molecule has 0 radical (unpaired) electrons. The van der Waals surface area contributed by atoms with Crippen LogP contribution in [0.5, 0.6) is 0 Å². The summed E-state index contributed by atoms with van der Waals surface area (Å²) in [4.78, 5) is 35.1. The number of aryl methyl sites for hydroxylation is 1. The van der Waals surface area contributed by atoms with E-state index in [0.717, 1.165) is 16.9 Å². The van der Waals surface area contributed by atoms with Crippen molar-refractivity contribution >= 4 is 44.1 Å². The number of thiophene rings is 1. The Balaban J connectivity index is 1.89. The molecule has 0 spiro atoms. The summed E-state index contributed by atoms with van der Waals surface area (Å²) in [6.07, 6.45) is 0. The fraction of sp³-hybridized carbons (Fsp3) is 0.235. The fourth-order valence-electron chi connectivity index (χ4n) is 2.09. The molecule has 9 nitrogen and oxygen atoms in total. The van der Waals surface area contributed by atoms with Gasteiger partial charge in [0, 0.05) is 0 Å². The van der Waals surface area contributed by atoms with E-state index in [1.165, 1.54) is 25.1 Å². The predicted molar refractivity (Wildman–Crippen MR) is 103 cm³/mol. The number of benzene rings is 1. The Labute approximate surface area is 165 Å². The molecule has 0 aliphatic rings. The second kappa shape index (κ2) is 8.95. The molecule has 1 aromatic heterocycles. The van der Waals surface area contributed by atoms with Crippen molar-refractivity contribution in [3.8, 4) is 0 Å². The summed E-state index contributed by atoms with van der Waals surface area (Å²) in [5.41, 5.74) is 6.21. The molecule has 11 heteroatoms. The van der Waals surface area contributed by atoms with Gasteiger partial charge < -0.3 is 15.8 Å². The lowest BCUT2D eigenvalue weighted by atomic mass is 10.2. The van der Waals surface area contributed by atoms with Crippen LogP contribution in [0.15, 0.2) is 40.6 Å². The smallest absolute Gasteiger partial charge is 0.324 e. The summed E-state index contributed by atoms with van der Waals surface area (Å²) < 4.78 is 31.6. The van der Waals surface area contributed by atoms with Crippen LogP contribution >= 0.6 is 11.3 Å². The first kappa shape index (κ1) is 21.5. The minimum atomic E-state index is -3.92. The number of anilines is 1. The highest BCUT2D eigenvalue weighted by Crippen LogP contribution is 2.22. The maximum Gasteiger partial charge on any atom is 0.324 e. The summed E-state index contributed by atoms with van der Waals surface area (Å²) in [5, 5.41) is 4.22. The monoisotopic (exact) mass is 425 g/mol. The molecule has 0 aliphatic carbocycles. The van der Waals surface area contributed by atoms with Gasteiger partial charge in [-0.05, 0) is 37.4 Å². The average molecular weight is 425 g/mol. The molecule has 1 heterocycles. The Hall–Kier alpha value is -2.76. The van der Waals surface area contributed by atoms with E-state index in [2.05, 4.69) is 10.0 Å². The lowest BCUT2D eigenvalue weighted by Crippen LogP contribution is -2.40. The zero-order valence-electron chi connectivity index (χ0n) is 15.1. The molecule has 0 aliphatic heterocycles. The van der Waals surface area contributed by atoms with Gasteiger partial charge >= 0.3 is 5.97 Å². The van der Waals surface area contributed by atoms with Crippen LogP contribution in [0.1, 0.15) is 22.8 Å². The Morgan fingerprint density at radius 1 is 1.18 bits per heavy atom. The highest BCUT2D eigenvalue weighted by Gasteiger charge is 2.24. The van der Waals surface area contributed by atoms with Gasteiger partial charge in [-0.25, -0.2) is 8.42 Å². The fourth-order valence-corrected chi connectivity index (χ4v) is 4.09. The maximum absolute atomic E-state index is 12.3. The summed E-state index contributed by atoms with van der Waals surface area (Å²) in [5.74, 6) is -2.31.